The zero-order valence-corrected chi connectivity index (χ0v) is 15.4. The lowest BCUT2D eigenvalue weighted by Gasteiger charge is -2.20. The highest BCUT2D eigenvalue weighted by atomic mass is 16.5. The molecule has 3 amide bonds. The van der Waals surface area contributed by atoms with E-state index in [0.29, 0.717) is 18.4 Å². The molecule has 0 aromatic heterocycles. The number of carbonyl (C=O) groups excluding carboxylic acids is 4. The molecule has 7 heteroatoms. The second kappa shape index (κ2) is 7.58. The van der Waals surface area contributed by atoms with E-state index < -0.39 is 30.5 Å². The quantitative estimate of drug-likeness (QED) is 0.457. The number of ether oxygens (including phenoxy) is 1. The van der Waals surface area contributed by atoms with Gasteiger partial charge in [-0.25, -0.2) is 0 Å². The molecule has 3 aliphatic rings. The van der Waals surface area contributed by atoms with E-state index in [-0.39, 0.29) is 23.8 Å². The summed E-state index contributed by atoms with van der Waals surface area (Å²) < 4.78 is 5.43. The Morgan fingerprint density at radius 3 is 2.21 bits per heavy atom. The molecule has 28 heavy (non-hydrogen) atoms. The van der Waals surface area contributed by atoms with E-state index in [1.54, 1.807) is 30.3 Å². The Bertz CT molecular complexity index is 804. The lowest BCUT2D eigenvalue weighted by atomic mass is 9.85. The van der Waals surface area contributed by atoms with Gasteiger partial charge in [-0.05, 0) is 25.7 Å². The van der Waals surface area contributed by atoms with Gasteiger partial charge in [0.1, 0.15) is 6.54 Å². The van der Waals surface area contributed by atoms with E-state index in [1.165, 1.54) is 0 Å². The minimum Gasteiger partial charge on any atom is -0.446 e. The fraction of sp³-hybridized carbons (Fsp3) is 0.429. The lowest BCUT2D eigenvalue weighted by Crippen LogP contribution is -2.39. The number of nitrogens with zero attached hydrogens (tertiary/aromatic N) is 1. The lowest BCUT2D eigenvalue weighted by molar-refractivity contribution is -0.160. The van der Waals surface area contributed by atoms with Crippen LogP contribution >= 0.6 is 0 Å². The third-order valence-corrected chi connectivity index (χ3v) is 5.40. The molecule has 1 N–H and O–H groups in total. The summed E-state index contributed by atoms with van der Waals surface area (Å²) in [4.78, 5) is 51.1. The van der Waals surface area contributed by atoms with Crippen molar-refractivity contribution in [3.63, 3.8) is 0 Å². The molecule has 0 spiro atoms. The van der Waals surface area contributed by atoms with Crippen molar-refractivity contribution in [1.82, 2.24) is 10.2 Å². The topological polar surface area (TPSA) is 92.8 Å². The number of imide groups is 1. The number of fused-ring (bicyclic) bond motifs is 1. The molecule has 1 aliphatic heterocycles. The number of esters is 1. The number of benzene rings is 1. The number of allylic oxidation sites excluding steroid dienone is 2. The molecule has 1 heterocycles. The van der Waals surface area contributed by atoms with Crippen LogP contribution in [0.5, 0.6) is 0 Å². The Morgan fingerprint density at radius 2 is 1.64 bits per heavy atom. The molecule has 3 unspecified atom stereocenters. The van der Waals surface area contributed by atoms with Crippen molar-refractivity contribution in [3.05, 3.63) is 48.0 Å². The molecule has 1 saturated carbocycles. The van der Waals surface area contributed by atoms with Gasteiger partial charge in [-0.15, -0.1) is 0 Å². The maximum Gasteiger partial charge on any atom is 0.327 e. The van der Waals surface area contributed by atoms with Crippen molar-refractivity contribution in [2.24, 2.45) is 11.8 Å². The highest BCUT2D eigenvalue weighted by Crippen LogP contribution is 2.35. The van der Waals surface area contributed by atoms with Gasteiger partial charge in [-0.2, -0.15) is 0 Å². The Kier molecular flexibility index (Phi) is 4.98. The van der Waals surface area contributed by atoms with Crippen LogP contribution in [-0.4, -0.2) is 41.2 Å². The number of likely N-dealkylation sites (tertiary alicyclic amines) is 1. The van der Waals surface area contributed by atoms with Crippen molar-refractivity contribution in [2.75, 3.05) is 6.54 Å². The average molecular weight is 382 g/mol. The van der Waals surface area contributed by atoms with Crippen molar-refractivity contribution >= 4 is 23.7 Å². The zero-order chi connectivity index (χ0) is 19.7. The summed E-state index contributed by atoms with van der Waals surface area (Å²) in [7, 11) is 0. The summed E-state index contributed by atoms with van der Waals surface area (Å²) in [6.45, 7) is -0.468. The standard InChI is InChI=1S/C21H22N2O5/c24-17(12-23-20(26)15-8-4-5-9-16(15)21(23)27)28-18(13-6-2-1-3-7-13)19(25)22-14-10-11-14/h1-7,14-16,18H,8-12H2,(H,22,25). The van der Waals surface area contributed by atoms with Crippen LogP contribution in [0.2, 0.25) is 0 Å². The van der Waals surface area contributed by atoms with Gasteiger partial charge in [0, 0.05) is 11.6 Å². The van der Waals surface area contributed by atoms with Gasteiger partial charge < -0.3 is 10.1 Å². The second-order valence-electron chi connectivity index (χ2n) is 7.48. The van der Waals surface area contributed by atoms with Crippen molar-refractivity contribution in [1.29, 1.82) is 0 Å². The molecule has 2 fully saturated rings. The molecule has 2 aliphatic carbocycles. The minimum atomic E-state index is -1.11. The van der Waals surface area contributed by atoms with Crippen LogP contribution in [0.3, 0.4) is 0 Å². The van der Waals surface area contributed by atoms with E-state index in [2.05, 4.69) is 5.32 Å². The molecular formula is C21H22N2O5. The van der Waals surface area contributed by atoms with Crippen LogP contribution in [0.15, 0.2) is 42.5 Å². The van der Waals surface area contributed by atoms with Gasteiger partial charge in [0.2, 0.25) is 17.9 Å². The first-order valence-electron chi connectivity index (χ1n) is 9.59. The number of carbonyl (C=O) groups is 4. The molecule has 1 aromatic carbocycles. The summed E-state index contributed by atoms with van der Waals surface area (Å²) in [6, 6.07) is 8.85. The van der Waals surface area contributed by atoms with E-state index >= 15 is 0 Å². The van der Waals surface area contributed by atoms with Crippen LogP contribution in [0.25, 0.3) is 0 Å². The summed E-state index contributed by atoms with van der Waals surface area (Å²) >= 11 is 0. The summed E-state index contributed by atoms with van der Waals surface area (Å²) in [5, 5.41) is 2.84. The highest BCUT2D eigenvalue weighted by Gasteiger charge is 2.48. The number of amides is 3. The number of rotatable bonds is 6. The summed E-state index contributed by atoms with van der Waals surface area (Å²) in [5.41, 5.74) is 0.547. The first-order valence-corrected chi connectivity index (χ1v) is 9.59. The molecule has 0 bridgehead atoms. The zero-order valence-electron chi connectivity index (χ0n) is 15.4. The van der Waals surface area contributed by atoms with Crippen molar-refractivity contribution in [2.45, 2.75) is 37.8 Å². The Hall–Kier alpha value is -2.96. The second-order valence-corrected chi connectivity index (χ2v) is 7.48. The molecule has 1 aromatic rings. The van der Waals surface area contributed by atoms with Crippen LogP contribution < -0.4 is 5.32 Å². The first kappa shape index (κ1) is 18.4. The Morgan fingerprint density at radius 1 is 1.04 bits per heavy atom. The fourth-order valence-electron chi connectivity index (χ4n) is 3.73. The molecule has 146 valence electrons. The van der Waals surface area contributed by atoms with Gasteiger partial charge in [0.15, 0.2) is 0 Å². The maximum absolute atomic E-state index is 12.6. The molecule has 4 rings (SSSR count). The third kappa shape index (κ3) is 3.69. The monoisotopic (exact) mass is 382 g/mol. The molecular weight excluding hydrogens is 360 g/mol. The van der Waals surface area contributed by atoms with Gasteiger partial charge in [0.25, 0.3) is 5.91 Å². The average Bonchev–Trinajstić information content (AvgIpc) is 3.50. The molecule has 1 saturated heterocycles. The van der Waals surface area contributed by atoms with E-state index in [9.17, 15) is 19.2 Å². The number of nitrogens with one attached hydrogen (secondary N) is 1. The Balaban J connectivity index is 1.45. The van der Waals surface area contributed by atoms with Gasteiger partial charge >= 0.3 is 5.97 Å². The first-order chi connectivity index (χ1) is 13.5. The maximum atomic E-state index is 12.6. The van der Waals surface area contributed by atoms with Crippen LogP contribution in [0, 0.1) is 11.8 Å². The van der Waals surface area contributed by atoms with Crippen molar-refractivity contribution < 1.29 is 23.9 Å². The van der Waals surface area contributed by atoms with E-state index in [4.69, 9.17) is 4.74 Å². The fourth-order valence-corrected chi connectivity index (χ4v) is 3.73. The predicted molar refractivity (Wildman–Crippen MR) is 98.5 cm³/mol. The van der Waals surface area contributed by atoms with Crippen molar-refractivity contribution in [3.8, 4) is 0 Å². The molecule has 3 atom stereocenters. The van der Waals surface area contributed by atoms with Gasteiger partial charge in [-0.1, -0.05) is 42.5 Å². The van der Waals surface area contributed by atoms with E-state index in [1.807, 2.05) is 12.2 Å². The number of hydrogen-bond donors (Lipinski definition) is 1. The van der Waals surface area contributed by atoms with Crippen LogP contribution in [0.1, 0.15) is 37.4 Å². The molecule has 7 nitrogen and oxygen atoms in total. The van der Waals surface area contributed by atoms with Gasteiger partial charge in [0.05, 0.1) is 11.8 Å². The summed E-state index contributed by atoms with van der Waals surface area (Å²) in [5.74, 6) is -2.63. The van der Waals surface area contributed by atoms with E-state index in [0.717, 1.165) is 17.7 Å². The highest BCUT2D eigenvalue weighted by molar-refractivity contribution is 6.07. The van der Waals surface area contributed by atoms with Crippen LogP contribution in [0.4, 0.5) is 0 Å². The number of hydrogen-bond acceptors (Lipinski definition) is 5. The SMILES string of the molecule is O=C(CN1C(=O)C2CC=CCC2C1=O)OC(C(=O)NC1CC1)c1ccccc1. The molecule has 0 radical (unpaired) electrons. The van der Waals surface area contributed by atoms with Crippen LogP contribution in [-0.2, 0) is 23.9 Å². The summed E-state index contributed by atoms with van der Waals surface area (Å²) in [6.07, 6.45) is 5.52. The smallest absolute Gasteiger partial charge is 0.327 e. The van der Waals surface area contributed by atoms with Gasteiger partial charge in [-0.3, -0.25) is 24.1 Å². The Labute approximate surface area is 162 Å². The largest absolute Gasteiger partial charge is 0.446 e. The minimum absolute atomic E-state index is 0.120. The normalized spacial score (nSPS) is 24.6. The third-order valence-electron chi connectivity index (χ3n) is 5.40. The predicted octanol–water partition coefficient (Wildman–Crippen LogP) is 1.50.